The first-order valence-corrected chi connectivity index (χ1v) is 3.72. The second-order valence-corrected chi connectivity index (χ2v) is 2.83. The van der Waals surface area contributed by atoms with E-state index < -0.39 is 5.54 Å². The fourth-order valence-electron chi connectivity index (χ4n) is 0.936. The van der Waals surface area contributed by atoms with Gasteiger partial charge < -0.3 is 15.2 Å². The van der Waals surface area contributed by atoms with Crippen LogP contribution in [0, 0.1) is 0 Å². The number of hydrogen-bond donors (Lipinski definition) is 2. The molecule has 1 saturated heterocycles. The van der Waals surface area contributed by atoms with Gasteiger partial charge in [-0.25, -0.2) is 0 Å². The van der Waals surface area contributed by atoms with Crippen LogP contribution >= 0.6 is 0 Å². The Labute approximate surface area is 65.5 Å². The van der Waals surface area contributed by atoms with Gasteiger partial charge in [-0.1, -0.05) is 6.92 Å². The van der Waals surface area contributed by atoms with Crippen LogP contribution in [0.25, 0.3) is 0 Å². The minimum atomic E-state index is -0.479. The van der Waals surface area contributed by atoms with Crippen molar-refractivity contribution in [3.63, 3.8) is 0 Å². The van der Waals surface area contributed by atoms with Crippen molar-refractivity contribution < 1.29 is 14.6 Å². The largest absolute Gasteiger partial charge is 0.394 e. The van der Waals surface area contributed by atoms with Crippen LogP contribution < -0.4 is 5.32 Å². The van der Waals surface area contributed by atoms with E-state index in [0.29, 0.717) is 19.6 Å². The summed E-state index contributed by atoms with van der Waals surface area (Å²) in [4.78, 5) is 10.9. The monoisotopic (exact) mass is 159 g/mol. The molecule has 1 rings (SSSR count). The average Bonchev–Trinajstić information content (AvgIpc) is 1.96. The van der Waals surface area contributed by atoms with Crippen molar-refractivity contribution in [2.45, 2.75) is 18.9 Å². The van der Waals surface area contributed by atoms with E-state index in [-0.39, 0.29) is 12.5 Å². The third-order valence-electron chi connectivity index (χ3n) is 1.79. The van der Waals surface area contributed by atoms with Gasteiger partial charge in [0.1, 0.15) is 5.54 Å². The van der Waals surface area contributed by atoms with Crippen molar-refractivity contribution in [1.82, 2.24) is 5.32 Å². The van der Waals surface area contributed by atoms with Gasteiger partial charge in [-0.15, -0.1) is 0 Å². The summed E-state index contributed by atoms with van der Waals surface area (Å²) in [5, 5.41) is 11.6. The number of rotatable bonds is 3. The number of carbonyl (C=O) groups is 1. The van der Waals surface area contributed by atoms with E-state index in [9.17, 15) is 4.79 Å². The molecule has 0 saturated carbocycles. The Kier molecular flexibility index (Phi) is 2.46. The fourth-order valence-corrected chi connectivity index (χ4v) is 0.936. The smallest absolute Gasteiger partial charge is 0.220 e. The predicted molar refractivity (Wildman–Crippen MR) is 39.1 cm³/mol. The van der Waals surface area contributed by atoms with E-state index in [2.05, 4.69) is 5.32 Å². The normalized spacial score (nSPS) is 20.5. The van der Waals surface area contributed by atoms with Crippen LogP contribution in [0.15, 0.2) is 0 Å². The summed E-state index contributed by atoms with van der Waals surface area (Å²) < 4.78 is 4.90. The zero-order chi connectivity index (χ0) is 8.32. The van der Waals surface area contributed by atoms with Crippen LogP contribution in [0.5, 0.6) is 0 Å². The highest BCUT2D eigenvalue weighted by Gasteiger charge is 2.38. The Morgan fingerprint density at radius 2 is 2.36 bits per heavy atom. The van der Waals surface area contributed by atoms with Gasteiger partial charge in [-0.05, 0) is 0 Å². The summed E-state index contributed by atoms with van der Waals surface area (Å²) in [5.41, 5.74) is -0.479. The molecule has 4 nitrogen and oxygen atoms in total. The molecule has 4 heteroatoms. The van der Waals surface area contributed by atoms with Crippen LogP contribution in [-0.2, 0) is 9.53 Å². The first-order chi connectivity index (χ1) is 5.22. The van der Waals surface area contributed by atoms with Gasteiger partial charge in [0.15, 0.2) is 0 Å². The maximum atomic E-state index is 10.9. The van der Waals surface area contributed by atoms with E-state index in [1.54, 1.807) is 6.92 Å². The van der Waals surface area contributed by atoms with Crippen molar-refractivity contribution in [2.75, 3.05) is 19.8 Å². The molecule has 0 aromatic rings. The first-order valence-electron chi connectivity index (χ1n) is 3.72. The van der Waals surface area contributed by atoms with Gasteiger partial charge in [0, 0.05) is 6.42 Å². The number of amides is 1. The second-order valence-electron chi connectivity index (χ2n) is 2.83. The molecule has 0 aliphatic carbocycles. The van der Waals surface area contributed by atoms with Crippen molar-refractivity contribution >= 4 is 5.91 Å². The van der Waals surface area contributed by atoms with Gasteiger partial charge in [-0.2, -0.15) is 0 Å². The standard InChI is InChI=1S/C7H13NO3/c1-2-6(10)8-7(3-9)4-11-5-7/h9H,2-5H2,1H3,(H,8,10). The highest BCUT2D eigenvalue weighted by atomic mass is 16.5. The molecule has 64 valence electrons. The molecule has 1 fully saturated rings. The van der Waals surface area contributed by atoms with Crippen LogP contribution in [0.2, 0.25) is 0 Å². The molecule has 1 amide bonds. The lowest BCUT2D eigenvalue weighted by Crippen LogP contribution is -2.64. The first kappa shape index (κ1) is 8.49. The van der Waals surface area contributed by atoms with Gasteiger partial charge in [0.05, 0.1) is 19.8 Å². The summed E-state index contributed by atoms with van der Waals surface area (Å²) >= 11 is 0. The Hall–Kier alpha value is -0.610. The lowest BCUT2D eigenvalue weighted by atomic mass is 9.99. The fraction of sp³-hybridized carbons (Fsp3) is 0.857. The molecule has 1 heterocycles. The highest BCUT2D eigenvalue weighted by Crippen LogP contribution is 2.15. The molecule has 0 spiro atoms. The lowest BCUT2D eigenvalue weighted by molar-refractivity contribution is -0.137. The Morgan fingerprint density at radius 3 is 2.64 bits per heavy atom. The predicted octanol–water partition coefficient (Wildman–Crippen LogP) is -0.726. The maximum absolute atomic E-state index is 10.9. The van der Waals surface area contributed by atoms with Gasteiger partial charge in [0.25, 0.3) is 0 Å². The second kappa shape index (κ2) is 3.19. The number of aliphatic hydroxyl groups excluding tert-OH is 1. The molecular formula is C7H13NO3. The molecule has 11 heavy (non-hydrogen) atoms. The van der Waals surface area contributed by atoms with Crippen LogP contribution in [-0.4, -0.2) is 36.4 Å². The van der Waals surface area contributed by atoms with Crippen LogP contribution in [0.1, 0.15) is 13.3 Å². The van der Waals surface area contributed by atoms with E-state index in [4.69, 9.17) is 9.84 Å². The zero-order valence-corrected chi connectivity index (χ0v) is 6.59. The van der Waals surface area contributed by atoms with E-state index >= 15 is 0 Å². The van der Waals surface area contributed by atoms with E-state index in [0.717, 1.165) is 0 Å². The summed E-state index contributed by atoms with van der Waals surface area (Å²) in [6.07, 6.45) is 0.446. The highest BCUT2D eigenvalue weighted by molar-refractivity contribution is 5.76. The molecule has 2 N–H and O–H groups in total. The van der Waals surface area contributed by atoms with Crippen LogP contribution in [0.3, 0.4) is 0 Å². The number of ether oxygens (including phenoxy) is 1. The molecule has 1 aliphatic rings. The Morgan fingerprint density at radius 1 is 1.73 bits per heavy atom. The third kappa shape index (κ3) is 1.70. The Bertz CT molecular complexity index is 148. The summed E-state index contributed by atoms with van der Waals surface area (Å²) in [5.74, 6) is -0.0395. The van der Waals surface area contributed by atoms with E-state index in [1.807, 2.05) is 0 Å². The van der Waals surface area contributed by atoms with Crippen LogP contribution in [0.4, 0.5) is 0 Å². The lowest BCUT2D eigenvalue weighted by Gasteiger charge is -2.40. The maximum Gasteiger partial charge on any atom is 0.220 e. The SMILES string of the molecule is CCC(=O)NC1(CO)COC1. The molecule has 1 aliphatic heterocycles. The quantitative estimate of drug-likeness (QED) is 0.571. The average molecular weight is 159 g/mol. The van der Waals surface area contributed by atoms with E-state index in [1.165, 1.54) is 0 Å². The third-order valence-corrected chi connectivity index (χ3v) is 1.79. The summed E-state index contributed by atoms with van der Waals surface area (Å²) in [7, 11) is 0. The number of hydrogen-bond acceptors (Lipinski definition) is 3. The van der Waals surface area contributed by atoms with Crippen molar-refractivity contribution in [2.24, 2.45) is 0 Å². The summed E-state index contributed by atoms with van der Waals surface area (Å²) in [6, 6.07) is 0. The Balaban J connectivity index is 2.38. The molecule has 0 unspecified atom stereocenters. The number of carbonyl (C=O) groups excluding carboxylic acids is 1. The van der Waals surface area contributed by atoms with Crippen molar-refractivity contribution in [3.8, 4) is 0 Å². The molecule has 0 aromatic heterocycles. The molecule has 0 aromatic carbocycles. The molecule has 0 radical (unpaired) electrons. The molecule has 0 atom stereocenters. The van der Waals surface area contributed by atoms with Gasteiger partial charge in [-0.3, -0.25) is 4.79 Å². The number of nitrogens with one attached hydrogen (secondary N) is 1. The summed E-state index contributed by atoms with van der Waals surface area (Å²) in [6.45, 7) is 2.59. The van der Waals surface area contributed by atoms with Gasteiger partial charge >= 0.3 is 0 Å². The minimum absolute atomic E-state index is 0.0395. The topological polar surface area (TPSA) is 58.6 Å². The van der Waals surface area contributed by atoms with Crippen molar-refractivity contribution in [1.29, 1.82) is 0 Å². The molecular weight excluding hydrogens is 146 g/mol. The minimum Gasteiger partial charge on any atom is -0.394 e. The van der Waals surface area contributed by atoms with Gasteiger partial charge in [0.2, 0.25) is 5.91 Å². The molecule has 0 bridgehead atoms. The number of aliphatic hydroxyl groups is 1. The van der Waals surface area contributed by atoms with Crippen molar-refractivity contribution in [3.05, 3.63) is 0 Å². The zero-order valence-electron chi connectivity index (χ0n) is 6.59.